The van der Waals surface area contributed by atoms with E-state index in [0.29, 0.717) is 32.4 Å². The van der Waals surface area contributed by atoms with Crippen molar-refractivity contribution in [2.45, 2.75) is 81.8 Å². The molecule has 1 heterocycles. The number of rotatable bonds is 12. The molecule has 4 aliphatic rings. The monoisotopic (exact) mass is 534 g/mol. The summed E-state index contributed by atoms with van der Waals surface area (Å²) in [5.74, 6) is 2.91. The van der Waals surface area contributed by atoms with Gasteiger partial charge in [-0.05, 0) is 74.7 Å². The molecular formula is C29H42N8O2. The number of carbonyl (C=O) groups excluding carboxylic acids is 2. The molecule has 1 aromatic carbocycles. The topological polar surface area (TPSA) is 177 Å². The van der Waals surface area contributed by atoms with Crippen LogP contribution in [0.2, 0.25) is 0 Å². The SMILES string of the molecule is NC(N)=NCCC[C@H](NC(=O)[C@@H](N)Cc1cnc(C23CC4CC(CC(C4)C2)C3)[nH]1)C(=O)NCc1ccccc1. The Balaban J connectivity index is 1.18. The first-order valence-corrected chi connectivity index (χ1v) is 14.3. The second-order valence-electron chi connectivity index (χ2n) is 12.0. The van der Waals surface area contributed by atoms with Crippen LogP contribution in [0.25, 0.3) is 0 Å². The van der Waals surface area contributed by atoms with Crippen LogP contribution in [-0.2, 0) is 28.0 Å². The lowest BCUT2D eigenvalue weighted by Gasteiger charge is -2.56. The van der Waals surface area contributed by atoms with Gasteiger partial charge in [0.1, 0.15) is 11.9 Å². The summed E-state index contributed by atoms with van der Waals surface area (Å²) in [4.78, 5) is 38.4. The Kier molecular flexibility index (Phi) is 8.20. The van der Waals surface area contributed by atoms with Crippen molar-refractivity contribution in [1.29, 1.82) is 0 Å². The van der Waals surface area contributed by atoms with Crippen molar-refractivity contribution in [2.75, 3.05) is 6.54 Å². The number of hydrogen-bond donors (Lipinski definition) is 6. The maximum Gasteiger partial charge on any atom is 0.242 e. The average molecular weight is 535 g/mol. The van der Waals surface area contributed by atoms with Gasteiger partial charge >= 0.3 is 0 Å². The van der Waals surface area contributed by atoms with Gasteiger partial charge in [-0.2, -0.15) is 0 Å². The summed E-state index contributed by atoms with van der Waals surface area (Å²) in [6.07, 6.45) is 10.9. The van der Waals surface area contributed by atoms with Crippen molar-refractivity contribution in [1.82, 2.24) is 20.6 Å². The number of H-pyrrole nitrogens is 1. The molecule has 0 spiro atoms. The van der Waals surface area contributed by atoms with Crippen molar-refractivity contribution in [3.63, 3.8) is 0 Å². The Morgan fingerprint density at radius 2 is 1.72 bits per heavy atom. The van der Waals surface area contributed by atoms with Gasteiger partial charge in [0.2, 0.25) is 11.8 Å². The van der Waals surface area contributed by atoms with E-state index in [9.17, 15) is 9.59 Å². The molecule has 4 bridgehead atoms. The standard InChI is InChI=1S/C29H42N8O2/c30-23(12-22-17-35-27(36-22)29-13-19-9-20(14-29)11-21(10-19)15-29)25(38)37-24(7-4-8-33-28(31)32)26(39)34-16-18-5-2-1-3-6-18/h1-3,5-6,17,19-21,23-24H,4,7-16,30H2,(H,34,39)(H,35,36)(H,37,38)(H4,31,32,33)/t19?,20?,21?,23-,24-,29?/m0/s1. The van der Waals surface area contributed by atoms with Crippen molar-refractivity contribution in [2.24, 2.45) is 39.9 Å². The second kappa shape index (κ2) is 11.8. The first-order chi connectivity index (χ1) is 18.8. The van der Waals surface area contributed by atoms with Gasteiger partial charge in [0, 0.05) is 36.8 Å². The molecule has 2 aromatic rings. The van der Waals surface area contributed by atoms with Crippen molar-refractivity contribution in [3.8, 4) is 0 Å². The van der Waals surface area contributed by atoms with E-state index < -0.39 is 12.1 Å². The van der Waals surface area contributed by atoms with Crippen LogP contribution in [0.5, 0.6) is 0 Å². The molecule has 2 atom stereocenters. The van der Waals surface area contributed by atoms with Gasteiger partial charge in [-0.15, -0.1) is 0 Å². The predicted octanol–water partition coefficient (Wildman–Crippen LogP) is 1.60. The number of carbonyl (C=O) groups is 2. The van der Waals surface area contributed by atoms with Gasteiger partial charge in [0.05, 0.1) is 6.04 Å². The maximum absolute atomic E-state index is 13.1. The number of nitrogens with two attached hydrogens (primary N) is 3. The van der Waals surface area contributed by atoms with Crippen molar-refractivity contribution >= 4 is 17.8 Å². The van der Waals surface area contributed by atoms with Crippen LogP contribution in [0.3, 0.4) is 0 Å². The highest BCUT2D eigenvalue weighted by Gasteiger charge is 2.53. The first-order valence-electron chi connectivity index (χ1n) is 14.3. The number of hydrogen-bond acceptors (Lipinski definition) is 5. The van der Waals surface area contributed by atoms with Crippen molar-refractivity contribution in [3.05, 3.63) is 53.6 Å². The summed E-state index contributed by atoms with van der Waals surface area (Å²) in [6, 6.07) is 8.07. The summed E-state index contributed by atoms with van der Waals surface area (Å²) in [5, 5.41) is 5.77. The second-order valence-corrected chi connectivity index (χ2v) is 12.0. The number of amides is 2. The molecule has 9 N–H and O–H groups in total. The highest BCUT2D eigenvalue weighted by Crippen LogP contribution is 2.60. The molecule has 0 saturated heterocycles. The smallest absolute Gasteiger partial charge is 0.242 e. The van der Waals surface area contributed by atoms with Gasteiger partial charge < -0.3 is 32.8 Å². The molecule has 0 unspecified atom stereocenters. The Bertz CT molecular complexity index is 1140. The Hall–Kier alpha value is -3.40. The van der Waals surface area contributed by atoms with E-state index in [1.54, 1.807) is 0 Å². The minimum Gasteiger partial charge on any atom is -0.370 e. The summed E-state index contributed by atoms with van der Waals surface area (Å²) in [7, 11) is 0. The Morgan fingerprint density at radius 3 is 2.36 bits per heavy atom. The van der Waals surface area contributed by atoms with Gasteiger partial charge in [0.15, 0.2) is 5.96 Å². The van der Waals surface area contributed by atoms with Gasteiger partial charge in [0.25, 0.3) is 0 Å². The fourth-order valence-electron chi connectivity index (χ4n) is 7.42. The van der Waals surface area contributed by atoms with E-state index in [2.05, 4.69) is 20.6 Å². The highest BCUT2D eigenvalue weighted by molar-refractivity contribution is 5.89. The zero-order chi connectivity index (χ0) is 27.4. The molecule has 2 amide bonds. The van der Waals surface area contributed by atoms with Gasteiger partial charge in [-0.25, -0.2) is 4.98 Å². The largest absolute Gasteiger partial charge is 0.370 e. The predicted molar refractivity (Wildman–Crippen MR) is 150 cm³/mol. The number of guanidine groups is 1. The molecule has 4 fully saturated rings. The molecular weight excluding hydrogens is 492 g/mol. The third kappa shape index (κ3) is 6.61. The third-order valence-corrected chi connectivity index (χ3v) is 8.83. The number of nitrogens with zero attached hydrogens (tertiary/aromatic N) is 2. The molecule has 4 saturated carbocycles. The lowest BCUT2D eigenvalue weighted by Crippen LogP contribution is -2.52. The molecule has 0 aliphatic heterocycles. The van der Waals surface area contributed by atoms with Gasteiger partial charge in [-0.3, -0.25) is 14.6 Å². The molecule has 0 radical (unpaired) electrons. The van der Waals surface area contributed by atoms with Gasteiger partial charge in [-0.1, -0.05) is 30.3 Å². The number of aromatic nitrogens is 2. The van der Waals surface area contributed by atoms with Crippen LogP contribution in [-0.4, -0.2) is 46.4 Å². The van der Waals surface area contributed by atoms with E-state index in [1.807, 2.05) is 36.5 Å². The maximum atomic E-state index is 13.1. The number of imidazole rings is 1. The van der Waals surface area contributed by atoms with Crippen molar-refractivity contribution < 1.29 is 9.59 Å². The fraction of sp³-hybridized carbons (Fsp3) is 0.586. The lowest BCUT2D eigenvalue weighted by molar-refractivity contribution is -0.129. The van der Waals surface area contributed by atoms with E-state index in [1.165, 1.54) is 38.5 Å². The lowest BCUT2D eigenvalue weighted by atomic mass is 9.49. The molecule has 210 valence electrons. The molecule has 39 heavy (non-hydrogen) atoms. The molecule has 6 rings (SSSR count). The third-order valence-electron chi connectivity index (χ3n) is 8.83. The first kappa shape index (κ1) is 27.2. The fourth-order valence-corrected chi connectivity index (χ4v) is 7.42. The Labute approximate surface area is 230 Å². The Morgan fingerprint density at radius 1 is 1.05 bits per heavy atom. The molecule has 4 aliphatic carbocycles. The molecule has 10 heteroatoms. The van der Waals surface area contributed by atoms with Crippen LogP contribution in [0, 0.1) is 17.8 Å². The summed E-state index contributed by atoms with van der Waals surface area (Å²) in [6.45, 7) is 0.737. The number of aromatic amines is 1. The zero-order valence-corrected chi connectivity index (χ0v) is 22.6. The zero-order valence-electron chi connectivity index (χ0n) is 22.6. The highest BCUT2D eigenvalue weighted by atomic mass is 16.2. The van der Waals surface area contributed by atoms with Crippen LogP contribution < -0.4 is 27.8 Å². The van der Waals surface area contributed by atoms with E-state index in [0.717, 1.165) is 34.8 Å². The number of nitrogens with one attached hydrogen (secondary N) is 3. The van der Waals surface area contributed by atoms with Crippen LogP contribution >= 0.6 is 0 Å². The van der Waals surface area contributed by atoms with Crippen LogP contribution in [0.15, 0.2) is 41.5 Å². The van der Waals surface area contributed by atoms with E-state index >= 15 is 0 Å². The summed E-state index contributed by atoms with van der Waals surface area (Å²) < 4.78 is 0. The number of benzene rings is 1. The normalized spacial score (nSPS) is 26.5. The summed E-state index contributed by atoms with van der Waals surface area (Å²) >= 11 is 0. The minimum absolute atomic E-state index is 0.00129. The van der Waals surface area contributed by atoms with E-state index in [-0.39, 0.29) is 23.2 Å². The quantitative estimate of drug-likeness (QED) is 0.137. The number of aliphatic imine (C=N–C) groups is 1. The molecule has 10 nitrogen and oxygen atoms in total. The van der Waals surface area contributed by atoms with E-state index in [4.69, 9.17) is 22.2 Å². The summed E-state index contributed by atoms with van der Waals surface area (Å²) in [5.41, 5.74) is 19.2. The minimum atomic E-state index is -0.809. The molecule has 1 aromatic heterocycles. The van der Waals surface area contributed by atoms with Crippen LogP contribution in [0.4, 0.5) is 0 Å². The average Bonchev–Trinajstić information content (AvgIpc) is 3.38. The van der Waals surface area contributed by atoms with Crippen LogP contribution in [0.1, 0.15) is 68.4 Å².